The molecule has 1 atom stereocenters. The Morgan fingerprint density at radius 2 is 1.85 bits per heavy atom. The quantitative estimate of drug-likeness (QED) is 0.392. The number of ether oxygens (including phenoxy) is 2. The Morgan fingerprint density at radius 1 is 1.09 bits per heavy atom. The lowest BCUT2D eigenvalue weighted by atomic mass is 10.2. The minimum Gasteiger partial charge on any atom is -0.494 e. The van der Waals surface area contributed by atoms with Gasteiger partial charge in [0.1, 0.15) is 23.5 Å². The Bertz CT molecular complexity index is 1300. The van der Waals surface area contributed by atoms with Crippen LogP contribution in [0.5, 0.6) is 11.5 Å². The summed E-state index contributed by atoms with van der Waals surface area (Å²) in [5, 5.41) is 7.46. The van der Waals surface area contributed by atoms with Crippen LogP contribution in [0.25, 0.3) is 17.3 Å². The smallest absolute Gasteiger partial charge is 0.243 e. The normalized spacial score (nSPS) is 12.3. The summed E-state index contributed by atoms with van der Waals surface area (Å²) >= 11 is 0. The Balaban J connectivity index is 1.79. The van der Waals surface area contributed by atoms with Crippen molar-refractivity contribution in [3.63, 3.8) is 0 Å². The van der Waals surface area contributed by atoms with Gasteiger partial charge in [0, 0.05) is 18.3 Å². The first-order chi connectivity index (χ1) is 15.9. The minimum atomic E-state index is -3.88. The molecule has 4 aromatic rings. The molecule has 0 fully saturated rings. The Kier molecular flexibility index (Phi) is 6.27. The van der Waals surface area contributed by atoms with E-state index in [1.165, 1.54) is 31.4 Å². The summed E-state index contributed by atoms with van der Waals surface area (Å²) < 4.78 is 46.9. The number of hydrogen-bond donors (Lipinski definition) is 1. The Morgan fingerprint density at radius 3 is 2.45 bits per heavy atom. The van der Waals surface area contributed by atoms with Crippen molar-refractivity contribution in [1.29, 1.82) is 0 Å². The van der Waals surface area contributed by atoms with Crippen LogP contribution in [0.2, 0.25) is 0 Å². The molecule has 0 radical (unpaired) electrons. The van der Waals surface area contributed by atoms with Crippen molar-refractivity contribution in [3.05, 3.63) is 60.9 Å². The number of hydrogen-bond acceptors (Lipinski definition) is 9. The third-order valence-corrected chi connectivity index (χ3v) is 6.63. The molecule has 11 nitrogen and oxygen atoms in total. The van der Waals surface area contributed by atoms with Crippen LogP contribution in [-0.4, -0.2) is 52.6 Å². The van der Waals surface area contributed by atoms with Gasteiger partial charge in [-0.15, -0.1) is 10.2 Å². The van der Waals surface area contributed by atoms with Crippen molar-refractivity contribution in [3.8, 4) is 28.8 Å². The number of furan rings is 1. The Hall–Kier alpha value is -3.93. The number of aromatic nitrogens is 5. The van der Waals surface area contributed by atoms with Crippen LogP contribution in [0.15, 0.2) is 59.6 Å². The highest BCUT2D eigenvalue weighted by Crippen LogP contribution is 2.37. The lowest BCUT2D eigenvalue weighted by Gasteiger charge is -2.18. The molecular formula is C21H22N6O5S. The predicted molar refractivity (Wildman–Crippen MR) is 120 cm³/mol. The van der Waals surface area contributed by atoms with Crippen LogP contribution < -0.4 is 14.2 Å². The largest absolute Gasteiger partial charge is 0.494 e. The zero-order valence-electron chi connectivity index (χ0n) is 18.2. The topological polar surface area (TPSA) is 134 Å². The van der Waals surface area contributed by atoms with Crippen molar-refractivity contribution in [2.24, 2.45) is 0 Å². The van der Waals surface area contributed by atoms with Gasteiger partial charge in [-0.05, 0) is 37.3 Å². The van der Waals surface area contributed by atoms with E-state index < -0.39 is 15.3 Å². The van der Waals surface area contributed by atoms with Crippen LogP contribution in [0.1, 0.15) is 12.6 Å². The lowest BCUT2D eigenvalue weighted by molar-refractivity contribution is 0.391. The van der Waals surface area contributed by atoms with Crippen LogP contribution in [0.3, 0.4) is 0 Å². The average Bonchev–Trinajstić information content (AvgIpc) is 3.49. The third kappa shape index (κ3) is 4.51. The maximum atomic E-state index is 13.2. The fourth-order valence-electron chi connectivity index (χ4n) is 3.25. The summed E-state index contributed by atoms with van der Waals surface area (Å²) in [5.41, 5.74) is 1.02. The van der Waals surface area contributed by atoms with E-state index in [2.05, 4.69) is 24.9 Å². The van der Waals surface area contributed by atoms with Crippen molar-refractivity contribution in [2.45, 2.75) is 18.6 Å². The molecule has 0 spiro atoms. The molecule has 3 aromatic heterocycles. The zero-order valence-corrected chi connectivity index (χ0v) is 19.0. The van der Waals surface area contributed by atoms with E-state index in [1.54, 1.807) is 49.5 Å². The molecular weight excluding hydrogens is 448 g/mol. The monoisotopic (exact) mass is 470 g/mol. The van der Waals surface area contributed by atoms with E-state index in [0.29, 0.717) is 28.6 Å². The second kappa shape index (κ2) is 9.28. The fraction of sp³-hybridized carbons (Fsp3) is 0.238. The van der Waals surface area contributed by atoms with Crippen molar-refractivity contribution >= 4 is 16.0 Å². The van der Waals surface area contributed by atoms with E-state index in [0.717, 1.165) is 0 Å². The second-order valence-electron chi connectivity index (χ2n) is 7.03. The first-order valence-electron chi connectivity index (χ1n) is 9.91. The molecule has 0 aliphatic carbocycles. The van der Waals surface area contributed by atoms with Gasteiger partial charge in [-0.2, -0.15) is 0 Å². The van der Waals surface area contributed by atoms with E-state index in [1.807, 2.05) is 0 Å². The van der Waals surface area contributed by atoms with Crippen LogP contribution in [-0.2, 0) is 16.4 Å². The van der Waals surface area contributed by atoms with Crippen LogP contribution >= 0.6 is 0 Å². The Labute approximate surface area is 190 Å². The lowest BCUT2D eigenvalue weighted by Crippen LogP contribution is -2.29. The first-order valence-corrected chi connectivity index (χ1v) is 11.5. The maximum absolute atomic E-state index is 13.2. The molecule has 0 saturated carbocycles. The summed E-state index contributed by atoms with van der Waals surface area (Å²) in [6, 6.07) is 10.3. The highest BCUT2D eigenvalue weighted by atomic mass is 32.2. The molecule has 0 aliphatic rings. The molecule has 1 unspecified atom stereocenters. The van der Waals surface area contributed by atoms with E-state index in [-0.39, 0.29) is 18.2 Å². The predicted octanol–water partition coefficient (Wildman–Crippen LogP) is 2.71. The van der Waals surface area contributed by atoms with Gasteiger partial charge in [0.25, 0.3) is 0 Å². The van der Waals surface area contributed by atoms with E-state index in [4.69, 9.17) is 13.9 Å². The molecule has 1 N–H and O–H groups in total. The number of benzene rings is 1. The maximum Gasteiger partial charge on any atom is 0.243 e. The molecule has 1 aromatic carbocycles. The molecule has 0 bridgehead atoms. The fourth-order valence-corrected chi connectivity index (χ4v) is 4.23. The van der Waals surface area contributed by atoms with Gasteiger partial charge >= 0.3 is 0 Å². The highest BCUT2D eigenvalue weighted by molar-refractivity contribution is 7.93. The van der Waals surface area contributed by atoms with Crippen molar-refractivity contribution < 1.29 is 22.3 Å². The standard InChI is InChI=1S/C21H22N6O5S/c1-14(12-15-9-10-22-13-23-15)33(28,29)26-21-25-24-20(18-8-5-11-32-18)27(21)19-16(30-2)6-4-7-17(19)31-3/h4-11,13-14H,12H2,1-3H3,(H,25,26). The summed E-state index contributed by atoms with van der Waals surface area (Å²) in [6.07, 6.45) is 4.62. The number of nitrogens with one attached hydrogen (secondary N) is 1. The molecule has 172 valence electrons. The zero-order chi connectivity index (χ0) is 23.4. The molecule has 3 heterocycles. The summed E-state index contributed by atoms with van der Waals surface area (Å²) in [7, 11) is -0.877. The van der Waals surface area contributed by atoms with Gasteiger partial charge in [-0.3, -0.25) is 9.29 Å². The number of methoxy groups -OCH3 is 2. The number of nitrogens with zero attached hydrogens (tertiary/aromatic N) is 5. The average molecular weight is 471 g/mol. The van der Waals surface area contributed by atoms with Gasteiger partial charge in [0.15, 0.2) is 5.76 Å². The van der Waals surface area contributed by atoms with Gasteiger partial charge in [-0.1, -0.05) is 6.07 Å². The first kappa shape index (κ1) is 22.3. The molecule has 33 heavy (non-hydrogen) atoms. The van der Waals surface area contributed by atoms with Gasteiger partial charge < -0.3 is 13.9 Å². The molecule has 12 heteroatoms. The number of rotatable bonds is 9. The SMILES string of the molecule is COc1cccc(OC)c1-n1c(NS(=O)(=O)C(C)Cc2ccncn2)nnc1-c1ccco1. The number of para-hydroxylation sites is 1. The van der Waals surface area contributed by atoms with E-state index in [9.17, 15) is 8.42 Å². The van der Waals surface area contributed by atoms with Crippen LogP contribution in [0.4, 0.5) is 5.95 Å². The molecule has 0 saturated heterocycles. The van der Waals surface area contributed by atoms with Crippen LogP contribution in [0, 0.1) is 0 Å². The van der Waals surface area contributed by atoms with Crippen molar-refractivity contribution in [1.82, 2.24) is 24.7 Å². The molecule has 0 amide bonds. The van der Waals surface area contributed by atoms with Gasteiger partial charge in [0.05, 0.1) is 25.7 Å². The van der Waals surface area contributed by atoms with Crippen molar-refractivity contribution in [2.75, 3.05) is 18.9 Å². The molecule has 4 rings (SSSR count). The minimum absolute atomic E-state index is 0.0428. The number of sulfonamides is 1. The number of anilines is 1. The summed E-state index contributed by atoms with van der Waals surface area (Å²) in [4.78, 5) is 7.96. The second-order valence-corrected chi connectivity index (χ2v) is 9.13. The summed E-state index contributed by atoms with van der Waals surface area (Å²) in [5.74, 6) is 1.46. The van der Waals surface area contributed by atoms with E-state index >= 15 is 0 Å². The highest BCUT2D eigenvalue weighted by Gasteiger charge is 2.28. The summed E-state index contributed by atoms with van der Waals surface area (Å²) in [6.45, 7) is 1.59. The van der Waals surface area contributed by atoms with Gasteiger partial charge in [0.2, 0.25) is 21.8 Å². The molecule has 0 aliphatic heterocycles. The third-order valence-electron chi connectivity index (χ3n) is 4.93. The van der Waals surface area contributed by atoms with Gasteiger partial charge in [-0.25, -0.2) is 18.4 Å².